The second kappa shape index (κ2) is 7.02. The predicted octanol–water partition coefficient (Wildman–Crippen LogP) is 3.76. The van der Waals surface area contributed by atoms with Crippen LogP contribution in [0.1, 0.15) is 27.6 Å². The molecule has 0 spiro atoms. The summed E-state index contributed by atoms with van der Waals surface area (Å²) in [5, 5.41) is 5.74. The van der Waals surface area contributed by atoms with E-state index in [9.17, 15) is 0 Å². The van der Waals surface area contributed by atoms with Gasteiger partial charge in [-0.3, -0.25) is 0 Å². The van der Waals surface area contributed by atoms with E-state index in [4.69, 9.17) is 0 Å². The molecule has 0 radical (unpaired) electrons. The van der Waals surface area contributed by atoms with E-state index >= 15 is 0 Å². The van der Waals surface area contributed by atoms with Crippen LogP contribution in [0.3, 0.4) is 0 Å². The van der Waals surface area contributed by atoms with Crippen molar-refractivity contribution in [3.63, 3.8) is 0 Å². The van der Waals surface area contributed by atoms with Crippen molar-refractivity contribution < 1.29 is 0 Å². The normalized spacial score (nSPS) is 12.8. The third-order valence-corrected chi connectivity index (χ3v) is 4.42. The summed E-state index contributed by atoms with van der Waals surface area (Å²) in [5.74, 6) is 0. The highest BCUT2D eigenvalue weighted by Gasteiger charge is 2.14. The van der Waals surface area contributed by atoms with Gasteiger partial charge in [-0.1, -0.05) is 35.4 Å². The van der Waals surface area contributed by atoms with Crippen LogP contribution in [0, 0.1) is 13.8 Å². The maximum absolute atomic E-state index is 3.59. The Kier molecular flexibility index (Phi) is 5.35. The first-order valence-electron chi connectivity index (χ1n) is 7.04. The highest BCUT2D eigenvalue weighted by molar-refractivity contribution is 7.10. The van der Waals surface area contributed by atoms with Gasteiger partial charge in [-0.05, 0) is 45.0 Å². The summed E-state index contributed by atoms with van der Waals surface area (Å²) >= 11 is 1.83. The lowest BCUT2D eigenvalue weighted by Gasteiger charge is -2.23. The monoisotopic (exact) mass is 288 g/mol. The second-order valence-electron chi connectivity index (χ2n) is 5.62. The van der Waals surface area contributed by atoms with Crippen molar-refractivity contribution in [2.24, 2.45) is 0 Å². The number of nitrogens with zero attached hydrogens (tertiary/aromatic N) is 1. The van der Waals surface area contributed by atoms with Gasteiger partial charge in [0.1, 0.15) is 0 Å². The van der Waals surface area contributed by atoms with Crippen molar-refractivity contribution in [2.45, 2.75) is 26.4 Å². The van der Waals surface area contributed by atoms with Gasteiger partial charge < -0.3 is 10.2 Å². The maximum Gasteiger partial charge on any atom is 0.0561 e. The van der Waals surface area contributed by atoms with Crippen LogP contribution in [0.4, 0.5) is 0 Å². The fourth-order valence-corrected chi connectivity index (χ4v) is 3.47. The van der Waals surface area contributed by atoms with E-state index in [-0.39, 0.29) is 0 Å². The fraction of sp³-hybridized carbons (Fsp3) is 0.412. The lowest BCUT2D eigenvalue weighted by atomic mass is 10.1. The minimum absolute atomic E-state index is 0.445. The van der Waals surface area contributed by atoms with Gasteiger partial charge in [0.15, 0.2) is 0 Å². The molecule has 1 aromatic heterocycles. The summed E-state index contributed by atoms with van der Waals surface area (Å²) in [7, 11) is 4.28. The van der Waals surface area contributed by atoms with Crippen molar-refractivity contribution in [3.05, 3.63) is 57.3 Å². The summed E-state index contributed by atoms with van der Waals surface area (Å²) in [6.45, 7) is 6.22. The average molecular weight is 288 g/mol. The van der Waals surface area contributed by atoms with Gasteiger partial charge in [-0.2, -0.15) is 0 Å². The first-order valence-corrected chi connectivity index (χ1v) is 7.92. The lowest BCUT2D eigenvalue weighted by molar-refractivity contribution is 0.292. The highest BCUT2D eigenvalue weighted by atomic mass is 32.1. The Labute approximate surface area is 126 Å². The number of nitrogens with one attached hydrogen (secondary N) is 1. The Morgan fingerprint density at radius 2 is 1.85 bits per heavy atom. The molecule has 1 atom stereocenters. The van der Waals surface area contributed by atoms with Crippen LogP contribution in [0.5, 0.6) is 0 Å². The van der Waals surface area contributed by atoms with E-state index in [1.165, 1.54) is 21.6 Å². The standard InChI is InChI=1S/C17H24N2S/c1-13-8-14(2)10-15(9-13)11-18-12-16(19(3)4)17-6-5-7-20-17/h5-10,16,18H,11-12H2,1-4H3. The van der Waals surface area contributed by atoms with Crippen LogP contribution in [0.15, 0.2) is 35.7 Å². The molecule has 3 heteroatoms. The van der Waals surface area contributed by atoms with E-state index in [2.05, 4.69) is 73.9 Å². The summed E-state index contributed by atoms with van der Waals surface area (Å²) in [6, 6.07) is 11.5. The quantitative estimate of drug-likeness (QED) is 0.870. The third kappa shape index (κ3) is 4.17. The van der Waals surface area contributed by atoms with Gasteiger partial charge in [0, 0.05) is 18.0 Å². The van der Waals surface area contributed by atoms with Crippen molar-refractivity contribution in [2.75, 3.05) is 20.6 Å². The molecule has 2 rings (SSSR count). The van der Waals surface area contributed by atoms with Gasteiger partial charge in [-0.15, -0.1) is 11.3 Å². The molecule has 0 saturated heterocycles. The zero-order chi connectivity index (χ0) is 14.5. The van der Waals surface area contributed by atoms with Gasteiger partial charge >= 0.3 is 0 Å². The largest absolute Gasteiger partial charge is 0.311 e. The molecule has 1 heterocycles. The van der Waals surface area contributed by atoms with Crippen LogP contribution in [0.2, 0.25) is 0 Å². The Bertz CT molecular complexity index is 512. The number of benzene rings is 1. The van der Waals surface area contributed by atoms with E-state index in [0.29, 0.717) is 6.04 Å². The van der Waals surface area contributed by atoms with Crippen molar-refractivity contribution in [1.82, 2.24) is 10.2 Å². The van der Waals surface area contributed by atoms with Crippen LogP contribution in [-0.4, -0.2) is 25.5 Å². The summed E-state index contributed by atoms with van der Waals surface area (Å²) in [5.41, 5.74) is 4.04. The number of rotatable bonds is 6. The van der Waals surface area contributed by atoms with E-state index < -0.39 is 0 Å². The molecule has 0 amide bonds. The minimum Gasteiger partial charge on any atom is -0.311 e. The topological polar surface area (TPSA) is 15.3 Å². The molecular weight excluding hydrogens is 264 g/mol. The van der Waals surface area contributed by atoms with Gasteiger partial charge in [-0.25, -0.2) is 0 Å². The van der Waals surface area contributed by atoms with Gasteiger partial charge in [0.05, 0.1) is 6.04 Å². The number of hydrogen-bond donors (Lipinski definition) is 1. The number of aryl methyl sites for hydroxylation is 2. The molecule has 2 nitrogen and oxygen atoms in total. The molecule has 2 aromatic rings. The molecule has 0 aliphatic carbocycles. The number of hydrogen-bond acceptors (Lipinski definition) is 3. The second-order valence-corrected chi connectivity index (χ2v) is 6.60. The molecule has 0 fully saturated rings. The van der Waals surface area contributed by atoms with Crippen LogP contribution in [-0.2, 0) is 6.54 Å². The molecule has 20 heavy (non-hydrogen) atoms. The van der Waals surface area contributed by atoms with Gasteiger partial charge in [0.25, 0.3) is 0 Å². The smallest absolute Gasteiger partial charge is 0.0561 e. The Morgan fingerprint density at radius 3 is 2.40 bits per heavy atom. The molecule has 0 bridgehead atoms. The van der Waals surface area contributed by atoms with Crippen molar-refractivity contribution >= 4 is 11.3 Å². The summed E-state index contributed by atoms with van der Waals surface area (Å²) < 4.78 is 0. The van der Waals surface area contributed by atoms with Crippen LogP contribution >= 0.6 is 11.3 Å². The predicted molar refractivity (Wildman–Crippen MR) is 88.4 cm³/mol. The molecule has 0 aliphatic rings. The SMILES string of the molecule is Cc1cc(C)cc(CNCC(c2cccs2)N(C)C)c1. The summed E-state index contributed by atoms with van der Waals surface area (Å²) in [6.07, 6.45) is 0. The Hall–Kier alpha value is -1.16. The Balaban J connectivity index is 1.93. The van der Waals surface area contributed by atoms with E-state index in [1.54, 1.807) is 0 Å². The summed E-state index contributed by atoms with van der Waals surface area (Å²) in [4.78, 5) is 3.70. The first kappa shape index (κ1) is 15.2. The van der Waals surface area contributed by atoms with E-state index in [0.717, 1.165) is 13.1 Å². The van der Waals surface area contributed by atoms with E-state index in [1.807, 2.05) is 11.3 Å². The minimum atomic E-state index is 0.445. The Morgan fingerprint density at radius 1 is 1.15 bits per heavy atom. The molecular formula is C17H24N2S. The highest BCUT2D eigenvalue weighted by Crippen LogP contribution is 2.22. The maximum atomic E-state index is 3.59. The molecule has 1 N–H and O–H groups in total. The molecule has 1 unspecified atom stereocenters. The van der Waals surface area contributed by atoms with Crippen molar-refractivity contribution in [1.29, 1.82) is 0 Å². The molecule has 108 valence electrons. The first-order chi connectivity index (χ1) is 9.56. The number of thiophene rings is 1. The molecule has 1 aromatic carbocycles. The molecule has 0 aliphatic heterocycles. The number of likely N-dealkylation sites (N-methyl/N-ethyl adjacent to an activating group) is 1. The fourth-order valence-electron chi connectivity index (χ4n) is 2.54. The third-order valence-electron chi connectivity index (χ3n) is 3.44. The average Bonchev–Trinajstić information content (AvgIpc) is 2.86. The lowest BCUT2D eigenvalue weighted by Crippen LogP contribution is -2.30. The van der Waals surface area contributed by atoms with Crippen LogP contribution in [0.25, 0.3) is 0 Å². The van der Waals surface area contributed by atoms with Crippen molar-refractivity contribution in [3.8, 4) is 0 Å². The molecule has 0 saturated carbocycles. The zero-order valence-corrected chi connectivity index (χ0v) is 13.6. The van der Waals surface area contributed by atoms with Crippen LogP contribution < -0.4 is 5.32 Å². The zero-order valence-electron chi connectivity index (χ0n) is 12.8. The van der Waals surface area contributed by atoms with Gasteiger partial charge in [0.2, 0.25) is 0 Å².